The summed E-state index contributed by atoms with van der Waals surface area (Å²) in [5, 5.41) is 0. The van der Waals surface area contributed by atoms with Gasteiger partial charge in [0.05, 0.1) is 0 Å². The molecule has 0 bridgehead atoms. The summed E-state index contributed by atoms with van der Waals surface area (Å²) >= 11 is 3.73. The fourth-order valence-corrected chi connectivity index (χ4v) is 6.88. The summed E-state index contributed by atoms with van der Waals surface area (Å²) < 4.78 is 0. The molecule has 2 aromatic heterocycles. The first-order valence-corrected chi connectivity index (χ1v) is 14.9. The van der Waals surface area contributed by atoms with Gasteiger partial charge in [-0.2, -0.15) is 0 Å². The molecule has 0 unspecified atom stereocenters. The second-order valence-corrected chi connectivity index (χ2v) is 11.8. The molecule has 4 aromatic carbocycles. The summed E-state index contributed by atoms with van der Waals surface area (Å²) in [5.41, 5.74) is 10.4. The van der Waals surface area contributed by atoms with Gasteiger partial charge in [-0.15, -0.1) is 22.7 Å². The Bertz CT molecular complexity index is 1500. The SMILES string of the molecule is CCc1ccc(-c2ccc(-c3ccc(-c4ccc(-c5ccc(-c6ccc(CC)cc6)cc5)s4)s3)cc2)cc1. The Hall–Kier alpha value is -3.72. The number of aryl methyl sites for hydroxylation is 2. The zero-order chi connectivity index (χ0) is 25.9. The number of benzene rings is 4. The van der Waals surface area contributed by atoms with Gasteiger partial charge >= 0.3 is 0 Å². The lowest BCUT2D eigenvalue weighted by molar-refractivity contribution is 1.14. The second kappa shape index (κ2) is 10.9. The quantitative estimate of drug-likeness (QED) is 0.194. The van der Waals surface area contributed by atoms with Crippen molar-refractivity contribution in [3.63, 3.8) is 0 Å². The molecule has 0 atom stereocenters. The summed E-state index contributed by atoms with van der Waals surface area (Å²) in [6, 6.07) is 44.8. The van der Waals surface area contributed by atoms with Crippen molar-refractivity contribution < 1.29 is 0 Å². The molecule has 0 N–H and O–H groups in total. The van der Waals surface area contributed by atoms with Crippen molar-refractivity contribution in [3.8, 4) is 52.9 Å². The first-order chi connectivity index (χ1) is 18.7. The topological polar surface area (TPSA) is 0 Å². The fourth-order valence-electron chi connectivity index (χ4n) is 4.77. The van der Waals surface area contributed by atoms with E-state index < -0.39 is 0 Å². The van der Waals surface area contributed by atoms with Gasteiger partial charge in [-0.05, 0) is 81.6 Å². The first-order valence-electron chi connectivity index (χ1n) is 13.3. The minimum Gasteiger partial charge on any atom is -0.134 e. The van der Waals surface area contributed by atoms with Gasteiger partial charge < -0.3 is 0 Å². The molecule has 0 spiro atoms. The summed E-state index contributed by atoms with van der Waals surface area (Å²) in [6.45, 7) is 4.39. The van der Waals surface area contributed by atoms with Crippen LogP contribution >= 0.6 is 22.7 Å². The van der Waals surface area contributed by atoms with Gasteiger partial charge in [0.2, 0.25) is 0 Å². The molecule has 38 heavy (non-hydrogen) atoms. The standard InChI is InChI=1S/C36H30S2/c1-3-25-5-9-27(10-6-25)29-13-17-31(18-14-29)33-21-23-35(37-33)36-24-22-34(38-36)32-19-15-30(16-20-32)28-11-7-26(4-2)8-12-28/h5-24H,3-4H2,1-2H3. The van der Waals surface area contributed by atoms with E-state index in [0.717, 1.165) is 12.8 Å². The Morgan fingerprint density at radius 3 is 0.895 bits per heavy atom. The highest BCUT2D eigenvalue weighted by atomic mass is 32.1. The van der Waals surface area contributed by atoms with Crippen molar-refractivity contribution in [3.05, 3.63) is 132 Å². The zero-order valence-electron chi connectivity index (χ0n) is 21.8. The molecule has 2 heteroatoms. The van der Waals surface area contributed by atoms with Gasteiger partial charge in [0, 0.05) is 19.5 Å². The third-order valence-corrected chi connectivity index (χ3v) is 9.65. The molecule has 0 nitrogen and oxygen atoms in total. The third kappa shape index (κ3) is 5.15. The van der Waals surface area contributed by atoms with Crippen LogP contribution in [0.4, 0.5) is 0 Å². The molecule has 0 fully saturated rings. The van der Waals surface area contributed by atoms with E-state index in [4.69, 9.17) is 0 Å². The lowest BCUT2D eigenvalue weighted by atomic mass is 10.0. The number of thiophene rings is 2. The molecule has 6 rings (SSSR count). The lowest BCUT2D eigenvalue weighted by Crippen LogP contribution is -1.81. The maximum absolute atomic E-state index is 2.26. The third-order valence-electron chi connectivity index (χ3n) is 7.18. The van der Waals surface area contributed by atoms with Crippen LogP contribution in [-0.2, 0) is 12.8 Å². The van der Waals surface area contributed by atoms with Gasteiger partial charge in [0.1, 0.15) is 0 Å². The molecule has 6 aromatic rings. The van der Waals surface area contributed by atoms with Crippen molar-refractivity contribution in [1.82, 2.24) is 0 Å². The molecule has 2 heterocycles. The van der Waals surface area contributed by atoms with Crippen LogP contribution in [-0.4, -0.2) is 0 Å². The Kier molecular flexibility index (Phi) is 7.09. The molecule has 186 valence electrons. The van der Waals surface area contributed by atoms with Crippen molar-refractivity contribution in [2.45, 2.75) is 26.7 Å². The Balaban J connectivity index is 1.17. The van der Waals surface area contributed by atoms with E-state index in [0.29, 0.717) is 0 Å². The van der Waals surface area contributed by atoms with Crippen LogP contribution in [0.15, 0.2) is 121 Å². The summed E-state index contributed by atoms with van der Waals surface area (Å²) in [6.07, 6.45) is 2.15. The summed E-state index contributed by atoms with van der Waals surface area (Å²) in [4.78, 5) is 5.26. The number of hydrogen-bond acceptors (Lipinski definition) is 2. The minimum atomic E-state index is 1.08. The van der Waals surface area contributed by atoms with E-state index in [2.05, 4.69) is 135 Å². The second-order valence-electron chi connectivity index (χ2n) is 9.58. The molecule has 0 saturated carbocycles. The summed E-state index contributed by atoms with van der Waals surface area (Å²) in [7, 11) is 0. The van der Waals surface area contributed by atoms with Crippen LogP contribution < -0.4 is 0 Å². The lowest BCUT2D eigenvalue weighted by Gasteiger charge is -2.05. The monoisotopic (exact) mass is 526 g/mol. The van der Waals surface area contributed by atoms with Crippen molar-refractivity contribution in [2.75, 3.05) is 0 Å². The molecule has 0 radical (unpaired) electrons. The van der Waals surface area contributed by atoms with Crippen LogP contribution in [0, 0.1) is 0 Å². The van der Waals surface area contributed by atoms with E-state index in [1.807, 2.05) is 22.7 Å². The molecule has 0 aliphatic rings. The van der Waals surface area contributed by atoms with Gasteiger partial charge in [0.25, 0.3) is 0 Å². The molecule has 0 saturated heterocycles. The molecular formula is C36H30S2. The average molecular weight is 527 g/mol. The fraction of sp³-hybridized carbons (Fsp3) is 0.111. The van der Waals surface area contributed by atoms with Crippen LogP contribution in [0.25, 0.3) is 52.9 Å². The minimum absolute atomic E-state index is 1.08. The molecular weight excluding hydrogens is 497 g/mol. The molecule has 0 amide bonds. The van der Waals surface area contributed by atoms with Crippen LogP contribution in [0.1, 0.15) is 25.0 Å². The predicted molar refractivity (Wildman–Crippen MR) is 168 cm³/mol. The smallest absolute Gasteiger partial charge is 0.0449 e. The molecule has 0 aliphatic carbocycles. The van der Waals surface area contributed by atoms with E-state index in [-0.39, 0.29) is 0 Å². The first kappa shape index (κ1) is 24.6. The largest absolute Gasteiger partial charge is 0.134 e. The van der Waals surface area contributed by atoms with Gasteiger partial charge in [0.15, 0.2) is 0 Å². The highest BCUT2D eigenvalue weighted by Gasteiger charge is 2.10. The molecule has 0 aliphatic heterocycles. The highest BCUT2D eigenvalue weighted by molar-refractivity contribution is 7.25. The zero-order valence-corrected chi connectivity index (χ0v) is 23.4. The Morgan fingerprint density at radius 1 is 0.316 bits per heavy atom. The Morgan fingerprint density at radius 2 is 0.579 bits per heavy atom. The predicted octanol–water partition coefficient (Wildman–Crippen LogP) is 11.3. The normalized spacial score (nSPS) is 11.1. The maximum atomic E-state index is 2.26. The maximum Gasteiger partial charge on any atom is 0.0449 e. The van der Waals surface area contributed by atoms with Gasteiger partial charge in [-0.1, -0.05) is 111 Å². The Labute approximate surface area is 233 Å². The average Bonchev–Trinajstić information content (AvgIpc) is 3.68. The van der Waals surface area contributed by atoms with E-state index >= 15 is 0 Å². The van der Waals surface area contributed by atoms with Crippen molar-refractivity contribution in [1.29, 1.82) is 0 Å². The van der Waals surface area contributed by atoms with Crippen LogP contribution in [0.3, 0.4) is 0 Å². The van der Waals surface area contributed by atoms with Crippen LogP contribution in [0.5, 0.6) is 0 Å². The summed E-state index contributed by atoms with van der Waals surface area (Å²) in [5.74, 6) is 0. The van der Waals surface area contributed by atoms with E-state index in [1.165, 1.54) is 64.0 Å². The highest BCUT2D eigenvalue weighted by Crippen LogP contribution is 2.41. The van der Waals surface area contributed by atoms with E-state index in [1.54, 1.807) is 0 Å². The van der Waals surface area contributed by atoms with Crippen molar-refractivity contribution >= 4 is 22.7 Å². The van der Waals surface area contributed by atoms with Crippen LogP contribution in [0.2, 0.25) is 0 Å². The van der Waals surface area contributed by atoms with E-state index in [9.17, 15) is 0 Å². The number of rotatable bonds is 7. The van der Waals surface area contributed by atoms with Gasteiger partial charge in [-0.3, -0.25) is 0 Å². The van der Waals surface area contributed by atoms with Crippen molar-refractivity contribution in [2.24, 2.45) is 0 Å². The van der Waals surface area contributed by atoms with Gasteiger partial charge in [-0.25, -0.2) is 0 Å². The number of hydrogen-bond donors (Lipinski definition) is 0.